The summed E-state index contributed by atoms with van der Waals surface area (Å²) in [5.74, 6) is -2.75. The van der Waals surface area contributed by atoms with Crippen LogP contribution in [0, 0.1) is 10.8 Å². The molecule has 2 aromatic rings. The van der Waals surface area contributed by atoms with Crippen molar-refractivity contribution in [1.82, 2.24) is 5.32 Å². The first kappa shape index (κ1) is 33.3. The molecular formula is C27H34F3NO7SSi. The topological polar surface area (TPSA) is 108 Å². The predicted octanol–water partition coefficient (Wildman–Crippen LogP) is 5.52. The van der Waals surface area contributed by atoms with Crippen LogP contribution < -0.4 is 9.50 Å². The first-order valence-electron chi connectivity index (χ1n) is 12.3. The average Bonchev–Trinajstić information content (AvgIpc) is 2.83. The van der Waals surface area contributed by atoms with Crippen molar-refractivity contribution in [3.05, 3.63) is 65.2 Å². The van der Waals surface area contributed by atoms with Gasteiger partial charge in [-0.2, -0.15) is 21.6 Å². The number of carbonyl (C=O) groups is 2. The number of rotatable bonds is 11. The predicted molar refractivity (Wildman–Crippen MR) is 144 cm³/mol. The Hall–Kier alpha value is -2.90. The van der Waals surface area contributed by atoms with E-state index in [-0.39, 0.29) is 34.0 Å². The molecule has 0 aliphatic carbocycles. The van der Waals surface area contributed by atoms with Crippen molar-refractivity contribution < 1.29 is 44.5 Å². The number of carbonyl (C=O) groups excluding carboxylic acids is 2. The van der Waals surface area contributed by atoms with Gasteiger partial charge in [0.1, 0.15) is 12.2 Å². The van der Waals surface area contributed by atoms with Crippen LogP contribution in [0.2, 0.25) is 6.04 Å². The number of hydrogen-bond acceptors (Lipinski definition) is 7. The molecule has 2 aromatic carbocycles. The number of benzene rings is 2. The monoisotopic (exact) mass is 601 g/mol. The molecule has 0 unspecified atom stereocenters. The van der Waals surface area contributed by atoms with Crippen LogP contribution in [0.1, 0.15) is 67.8 Å². The zero-order valence-corrected chi connectivity index (χ0v) is 25.0. The summed E-state index contributed by atoms with van der Waals surface area (Å²) in [6, 6.07) is 11.6. The van der Waals surface area contributed by atoms with E-state index < -0.39 is 50.3 Å². The Kier molecular flexibility index (Phi) is 11.0. The number of hydrogen-bond donors (Lipinski definition) is 1. The maximum absolute atomic E-state index is 13.1. The summed E-state index contributed by atoms with van der Waals surface area (Å²) >= 11 is 0. The molecule has 8 nitrogen and oxygen atoms in total. The van der Waals surface area contributed by atoms with E-state index in [1.807, 2.05) is 20.8 Å². The largest absolute Gasteiger partial charge is 0.534 e. The molecule has 220 valence electrons. The number of halogens is 3. The van der Waals surface area contributed by atoms with Gasteiger partial charge in [0.2, 0.25) is 9.76 Å². The van der Waals surface area contributed by atoms with E-state index in [4.69, 9.17) is 9.16 Å². The van der Waals surface area contributed by atoms with Gasteiger partial charge in [0, 0.05) is 5.56 Å². The number of alkyl halides is 3. The van der Waals surface area contributed by atoms with E-state index >= 15 is 0 Å². The van der Waals surface area contributed by atoms with E-state index in [1.165, 1.54) is 0 Å². The fourth-order valence-corrected chi connectivity index (χ4v) is 4.33. The van der Waals surface area contributed by atoms with Crippen molar-refractivity contribution in [2.75, 3.05) is 6.61 Å². The van der Waals surface area contributed by atoms with E-state index in [9.17, 15) is 31.2 Å². The van der Waals surface area contributed by atoms with E-state index in [2.05, 4.69) is 30.3 Å². The van der Waals surface area contributed by atoms with Crippen LogP contribution in [-0.4, -0.2) is 48.2 Å². The molecule has 1 atom stereocenters. The molecule has 0 aliphatic heterocycles. The van der Waals surface area contributed by atoms with Crippen LogP contribution in [0.15, 0.2) is 48.5 Å². The number of nitrogens with one attached hydrogen (secondary N) is 1. The minimum atomic E-state index is -6.09. The summed E-state index contributed by atoms with van der Waals surface area (Å²) < 4.78 is 77.4. The van der Waals surface area contributed by atoms with Gasteiger partial charge < -0.3 is 18.7 Å². The molecule has 0 saturated carbocycles. The van der Waals surface area contributed by atoms with E-state index in [1.54, 1.807) is 30.3 Å². The fraction of sp³-hybridized carbons (Fsp3) is 0.481. The summed E-state index contributed by atoms with van der Waals surface area (Å²) in [6.07, 6.45) is 0. The Morgan fingerprint density at radius 2 is 1.60 bits per heavy atom. The van der Waals surface area contributed by atoms with Crippen LogP contribution in [0.25, 0.3) is 0 Å². The third-order valence-corrected chi connectivity index (χ3v) is 8.00. The van der Waals surface area contributed by atoms with Crippen LogP contribution in [0.5, 0.6) is 5.75 Å². The summed E-state index contributed by atoms with van der Waals surface area (Å²) in [5.41, 5.74) is -6.28. The van der Waals surface area contributed by atoms with Crippen molar-refractivity contribution >= 4 is 31.8 Å². The minimum absolute atomic E-state index is 0.0772. The molecule has 1 N–H and O–H groups in total. The highest BCUT2D eigenvalue weighted by Gasteiger charge is 2.49. The summed E-state index contributed by atoms with van der Waals surface area (Å²) in [7, 11) is -5.88. The van der Waals surface area contributed by atoms with Gasteiger partial charge in [0.25, 0.3) is 5.91 Å². The second-order valence-electron chi connectivity index (χ2n) is 11.3. The van der Waals surface area contributed by atoms with E-state index in [0.29, 0.717) is 5.56 Å². The van der Waals surface area contributed by atoms with Gasteiger partial charge in [-0.05, 0) is 40.6 Å². The lowest BCUT2D eigenvalue weighted by molar-refractivity contribution is -0.0500. The van der Waals surface area contributed by atoms with Gasteiger partial charge in [-0.15, -0.1) is 0 Å². The van der Waals surface area contributed by atoms with Gasteiger partial charge in [-0.1, -0.05) is 71.9 Å². The Bertz CT molecular complexity index is 1270. The molecule has 0 aliphatic rings. The van der Waals surface area contributed by atoms with Crippen LogP contribution in [0.4, 0.5) is 13.2 Å². The Morgan fingerprint density at radius 1 is 0.975 bits per heavy atom. The van der Waals surface area contributed by atoms with Crippen molar-refractivity contribution in [3.8, 4) is 5.75 Å². The van der Waals surface area contributed by atoms with Gasteiger partial charge in [0.15, 0.2) is 5.75 Å². The lowest BCUT2D eigenvalue weighted by atomic mass is 9.87. The van der Waals surface area contributed by atoms with Crippen molar-refractivity contribution in [2.45, 2.75) is 65.7 Å². The normalized spacial score (nSPS) is 13.4. The number of esters is 1. The molecule has 2 radical (unpaired) electrons. The molecule has 0 saturated heterocycles. The minimum Gasteiger partial charge on any atom is -0.457 e. The highest BCUT2D eigenvalue weighted by atomic mass is 32.2. The molecule has 2 rings (SSSR count). The Labute approximate surface area is 235 Å². The van der Waals surface area contributed by atoms with Crippen molar-refractivity contribution in [2.24, 2.45) is 10.8 Å². The van der Waals surface area contributed by atoms with Crippen LogP contribution >= 0.6 is 0 Å². The molecule has 0 spiro atoms. The third kappa shape index (κ3) is 10.2. The summed E-state index contributed by atoms with van der Waals surface area (Å²) in [4.78, 5) is 26.0. The first-order chi connectivity index (χ1) is 18.3. The van der Waals surface area contributed by atoms with Crippen LogP contribution in [0.3, 0.4) is 0 Å². The second-order valence-corrected chi connectivity index (χ2v) is 13.8. The van der Waals surface area contributed by atoms with Crippen molar-refractivity contribution in [3.63, 3.8) is 0 Å². The molecule has 0 bridgehead atoms. The Morgan fingerprint density at radius 3 is 2.15 bits per heavy atom. The molecule has 40 heavy (non-hydrogen) atoms. The zero-order valence-electron chi connectivity index (χ0n) is 23.2. The number of ether oxygens (including phenoxy) is 1. The van der Waals surface area contributed by atoms with Gasteiger partial charge >= 0.3 is 21.6 Å². The van der Waals surface area contributed by atoms with Crippen LogP contribution in [-0.2, 0) is 25.9 Å². The van der Waals surface area contributed by atoms with Gasteiger partial charge in [-0.25, -0.2) is 4.79 Å². The first-order valence-corrected chi connectivity index (χ1v) is 14.8. The lowest BCUT2D eigenvalue weighted by Gasteiger charge is -2.31. The average molecular weight is 602 g/mol. The highest BCUT2D eigenvalue weighted by molar-refractivity contribution is 7.88. The highest BCUT2D eigenvalue weighted by Crippen LogP contribution is 2.30. The molecule has 0 heterocycles. The second kappa shape index (κ2) is 13.2. The van der Waals surface area contributed by atoms with Gasteiger partial charge in [-0.3, -0.25) is 4.79 Å². The Balaban J connectivity index is 2.32. The maximum Gasteiger partial charge on any atom is 0.534 e. The molecule has 1 amide bonds. The summed E-state index contributed by atoms with van der Waals surface area (Å²) in [5, 5.41) is 2.84. The summed E-state index contributed by atoms with van der Waals surface area (Å²) in [6.45, 7) is 11.9. The fourth-order valence-electron chi connectivity index (χ4n) is 3.03. The lowest BCUT2D eigenvalue weighted by Crippen LogP contribution is -2.47. The third-order valence-electron chi connectivity index (χ3n) is 5.46. The van der Waals surface area contributed by atoms with Crippen molar-refractivity contribution in [1.29, 1.82) is 0 Å². The number of amides is 1. The molecule has 13 heteroatoms. The van der Waals surface area contributed by atoms with E-state index in [0.717, 1.165) is 24.2 Å². The molecule has 0 aromatic heterocycles. The zero-order chi connectivity index (χ0) is 30.4. The van der Waals surface area contributed by atoms with Gasteiger partial charge in [0.05, 0.1) is 12.6 Å². The maximum atomic E-state index is 13.1. The SMILES string of the molecule is CC(C)(C)C[Si]OC[C@H](NC(=O)c1ccc(OS(=O)(=O)C(F)(F)F)c(C(=O)OCc2ccccc2)c1)C(C)(C)C. The quantitative estimate of drug-likeness (QED) is 0.119. The smallest absolute Gasteiger partial charge is 0.457 e. The molecule has 0 fully saturated rings. The standard InChI is InChI=1S/C27H34F3NO7SSi/c1-25(2,3)17-40-37-16-22(26(4,5)6)31-23(32)19-12-13-21(38-39(34,35)27(28,29)30)20(14-19)24(33)36-15-18-10-8-7-9-11-18/h7-14,22H,15-17H2,1-6H3,(H,31,32)/t22-/m0/s1. The molecular weight excluding hydrogens is 567 g/mol.